The van der Waals surface area contributed by atoms with Gasteiger partial charge in [0.1, 0.15) is 5.82 Å². The summed E-state index contributed by atoms with van der Waals surface area (Å²) >= 11 is 5.76. The lowest BCUT2D eigenvalue weighted by Gasteiger charge is -2.07. The third kappa shape index (κ3) is 4.30. The molecule has 0 bridgehead atoms. The summed E-state index contributed by atoms with van der Waals surface area (Å²) in [5.41, 5.74) is 1.59. The normalized spacial score (nSPS) is 9.95. The Hall–Kier alpha value is -2.38. The van der Waals surface area contributed by atoms with E-state index in [0.717, 1.165) is 5.56 Å². The minimum absolute atomic E-state index is 0.0762. The fourth-order valence-corrected chi connectivity index (χ4v) is 1.98. The molecule has 1 N–H and O–H groups in total. The molecule has 1 amide bonds. The number of anilines is 1. The number of rotatable bonds is 4. The van der Waals surface area contributed by atoms with Crippen molar-refractivity contribution in [2.75, 3.05) is 5.32 Å². The standard InChI is InChI=1S/C16H12ClFN2O/c17-13-6-7-14(18)15(9-13)20-16(21)8-5-11-1-3-12(10-19)4-2-11/h1-4,6-7,9H,5,8H2,(H,20,21). The van der Waals surface area contributed by atoms with Crippen LogP contribution in [0.4, 0.5) is 10.1 Å². The van der Waals surface area contributed by atoms with Crippen LogP contribution in [0.1, 0.15) is 17.5 Å². The van der Waals surface area contributed by atoms with Crippen molar-refractivity contribution in [3.05, 3.63) is 64.4 Å². The zero-order valence-electron chi connectivity index (χ0n) is 11.1. The van der Waals surface area contributed by atoms with Crippen LogP contribution in [0.5, 0.6) is 0 Å². The first-order chi connectivity index (χ1) is 10.1. The molecule has 2 aromatic rings. The highest BCUT2D eigenvalue weighted by atomic mass is 35.5. The molecular formula is C16H12ClFN2O. The Morgan fingerprint density at radius 1 is 1.24 bits per heavy atom. The average Bonchev–Trinajstić information content (AvgIpc) is 2.49. The first-order valence-corrected chi connectivity index (χ1v) is 6.70. The van der Waals surface area contributed by atoms with E-state index in [-0.39, 0.29) is 18.0 Å². The SMILES string of the molecule is N#Cc1ccc(CCC(=O)Nc2cc(Cl)ccc2F)cc1. The Bertz CT molecular complexity index is 692. The first-order valence-electron chi connectivity index (χ1n) is 6.32. The number of carbonyl (C=O) groups excluding carboxylic acids is 1. The van der Waals surface area contributed by atoms with Gasteiger partial charge in [-0.1, -0.05) is 23.7 Å². The number of halogens is 2. The summed E-state index contributed by atoms with van der Waals surface area (Å²) in [5, 5.41) is 11.6. The van der Waals surface area contributed by atoms with Gasteiger partial charge in [0.05, 0.1) is 17.3 Å². The second-order valence-corrected chi connectivity index (χ2v) is 4.92. The molecule has 0 aliphatic heterocycles. The molecule has 0 spiro atoms. The van der Waals surface area contributed by atoms with Crippen molar-refractivity contribution in [3.63, 3.8) is 0 Å². The number of nitriles is 1. The van der Waals surface area contributed by atoms with Crippen molar-refractivity contribution in [3.8, 4) is 6.07 Å². The van der Waals surface area contributed by atoms with Gasteiger partial charge in [0.25, 0.3) is 0 Å². The number of hydrogen-bond donors (Lipinski definition) is 1. The summed E-state index contributed by atoms with van der Waals surface area (Å²) in [5.74, 6) is -0.813. The Morgan fingerprint density at radius 2 is 1.95 bits per heavy atom. The third-order valence-corrected chi connectivity index (χ3v) is 3.16. The zero-order chi connectivity index (χ0) is 15.2. The molecule has 0 aliphatic carbocycles. The average molecular weight is 303 g/mol. The second kappa shape index (κ2) is 6.87. The van der Waals surface area contributed by atoms with Crippen molar-refractivity contribution in [1.82, 2.24) is 0 Å². The highest BCUT2D eigenvalue weighted by molar-refractivity contribution is 6.30. The van der Waals surface area contributed by atoms with Crippen molar-refractivity contribution in [2.45, 2.75) is 12.8 Å². The van der Waals surface area contributed by atoms with E-state index in [1.807, 2.05) is 6.07 Å². The van der Waals surface area contributed by atoms with Crippen molar-refractivity contribution in [2.24, 2.45) is 0 Å². The van der Waals surface area contributed by atoms with Gasteiger partial charge in [-0.25, -0.2) is 4.39 Å². The molecule has 0 saturated heterocycles. The maximum Gasteiger partial charge on any atom is 0.224 e. The van der Waals surface area contributed by atoms with Crippen molar-refractivity contribution in [1.29, 1.82) is 5.26 Å². The van der Waals surface area contributed by atoms with Crippen LogP contribution in [-0.2, 0) is 11.2 Å². The van der Waals surface area contributed by atoms with Crippen LogP contribution in [0.15, 0.2) is 42.5 Å². The topological polar surface area (TPSA) is 52.9 Å². The molecule has 5 heteroatoms. The van der Waals surface area contributed by atoms with E-state index in [2.05, 4.69) is 5.32 Å². The van der Waals surface area contributed by atoms with E-state index >= 15 is 0 Å². The predicted octanol–water partition coefficient (Wildman–Crippen LogP) is 3.92. The van der Waals surface area contributed by atoms with E-state index in [0.29, 0.717) is 17.0 Å². The van der Waals surface area contributed by atoms with Crippen LogP contribution in [-0.4, -0.2) is 5.91 Å². The van der Waals surface area contributed by atoms with Gasteiger partial charge in [0.2, 0.25) is 5.91 Å². The summed E-state index contributed by atoms with van der Waals surface area (Å²) in [6.07, 6.45) is 0.734. The number of carbonyl (C=O) groups is 1. The van der Waals surface area contributed by atoms with Gasteiger partial charge in [0, 0.05) is 11.4 Å². The number of nitrogens with zero attached hydrogens (tertiary/aromatic N) is 1. The van der Waals surface area contributed by atoms with Crippen LogP contribution in [0.25, 0.3) is 0 Å². The van der Waals surface area contributed by atoms with Gasteiger partial charge in [-0.2, -0.15) is 5.26 Å². The van der Waals surface area contributed by atoms with E-state index in [4.69, 9.17) is 16.9 Å². The largest absolute Gasteiger partial charge is 0.324 e. The fraction of sp³-hybridized carbons (Fsp3) is 0.125. The fourth-order valence-electron chi connectivity index (χ4n) is 1.81. The Kier molecular flexibility index (Phi) is 4.91. The van der Waals surface area contributed by atoms with Gasteiger partial charge in [-0.3, -0.25) is 4.79 Å². The molecule has 2 aromatic carbocycles. The minimum atomic E-state index is -0.522. The highest BCUT2D eigenvalue weighted by Gasteiger charge is 2.08. The number of aryl methyl sites for hydroxylation is 1. The quantitative estimate of drug-likeness (QED) is 0.930. The van der Waals surface area contributed by atoms with Crippen LogP contribution in [0.3, 0.4) is 0 Å². The third-order valence-electron chi connectivity index (χ3n) is 2.93. The van der Waals surface area contributed by atoms with Crippen LogP contribution < -0.4 is 5.32 Å². The van der Waals surface area contributed by atoms with Gasteiger partial charge < -0.3 is 5.32 Å². The van der Waals surface area contributed by atoms with E-state index in [1.165, 1.54) is 18.2 Å². The minimum Gasteiger partial charge on any atom is -0.324 e. The lowest BCUT2D eigenvalue weighted by atomic mass is 10.1. The number of hydrogen-bond acceptors (Lipinski definition) is 2. The molecule has 0 unspecified atom stereocenters. The van der Waals surface area contributed by atoms with Crippen molar-refractivity contribution >= 4 is 23.2 Å². The molecule has 106 valence electrons. The molecule has 0 fully saturated rings. The highest BCUT2D eigenvalue weighted by Crippen LogP contribution is 2.19. The van der Waals surface area contributed by atoms with E-state index in [9.17, 15) is 9.18 Å². The molecule has 21 heavy (non-hydrogen) atoms. The van der Waals surface area contributed by atoms with E-state index < -0.39 is 5.82 Å². The monoisotopic (exact) mass is 302 g/mol. The van der Waals surface area contributed by atoms with Gasteiger partial charge in [-0.05, 0) is 42.3 Å². The van der Waals surface area contributed by atoms with Crippen LogP contribution in [0, 0.1) is 17.1 Å². The van der Waals surface area contributed by atoms with E-state index in [1.54, 1.807) is 24.3 Å². The van der Waals surface area contributed by atoms with Crippen LogP contribution in [0.2, 0.25) is 5.02 Å². The maximum absolute atomic E-state index is 13.5. The molecule has 0 atom stereocenters. The molecule has 0 aliphatic rings. The smallest absolute Gasteiger partial charge is 0.224 e. The summed E-state index contributed by atoms with van der Waals surface area (Å²) in [6, 6.07) is 13.0. The molecular weight excluding hydrogens is 291 g/mol. The summed E-state index contributed by atoms with van der Waals surface area (Å²) in [7, 11) is 0. The summed E-state index contributed by atoms with van der Waals surface area (Å²) in [4.78, 5) is 11.8. The Morgan fingerprint density at radius 3 is 2.62 bits per heavy atom. The lowest BCUT2D eigenvalue weighted by Crippen LogP contribution is -2.13. The number of amides is 1. The zero-order valence-corrected chi connectivity index (χ0v) is 11.8. The number of benzene rings is 2. The second-order valence-electron chi connectivity index (χ2n) is 4.48. The molecule has 3 nitrogen and oxygen atoms in total. The molecule has 0 radical (unpaired) electrons. The Labute approximate surface area is 127 Å². The first kappa shape index (κ1) is 15.0. The van der Waals surface area contributed by atoms with Crippen LogP contribution >= 0.6 is 11.6 Å². The molecule has 0 aromatic heterocycles. The Balaban J connectivity index is 1.92. The van der Waals surface area contributed by atoms with Gasteiger partial charge >= 0.3 is 0 Å². The summed E-state index contributed by atoms with van der Waals surface area (Å²) < 4.78 is 13.5. The maximum atomic E-state index is 13.5. The molecule has 2 rings (SSSR count). The van der Waals surface area contributed by atoms with Crippen molar-refractivity contribution < 1.29 is 9.18 Å². The number of nitrogens with one attached hydrogen (secondary N) is 1. The lowest BCUT2D eigenvalue weighted by molar-refractivity contribution is -0.116. The van der Waals surface area contributed by atoms with Gasteiger partial charge in [0.15, 0.2) is 0 Å². The van der Waals surface area contributed by atoms with Gasteiger partial charge in [-0.15, -0.1) is 0 Å². The molecule has 0 saturated carbocycles. The molecule has 0 heterocycles. The summed E-state index contributed by atoms with van der Waals surface area (Å²) in [6.45, 7) is 0. The predicted molar refractivity (Wildman–Crippen MR) is 79.5 cm³/mol.